The maximum Gasteiger partial charge on any atom is 0.237 e. The third-order valence-corrected chi connectivity index (χ3v) is 6.98. The smallest absolute Gasteiger partial charge is 0.237 e. The van der Waals surface area contributed by atoms with E-state index in [1.54, 1.807) is 25.3 Å². The summed E-state index contributed by atoms with van der Waals surface area (Å²) in [5, 5.41) is 10.0. The number of amides is 1. The maximum atomic E-state index is 12.8. The zero-order chi connectivity index (χ0) is 23.8. The molecule has 1 amide bonds. The van der Waals surface area contributed by atoms with E-state index in [-0.39, 0.29) is 11.2 Å². The Kier molecular flexibility index (Phi) is 9.26. The first-order valence-corrected chi connectivity index (χ1v) is 12.2. The summed E-state index contributed by atoms with van der Waals surface area (Å²) in [5.74, 6) is 0.556. The Hall–Kier alpha value is -2.45. The Morgan fingerprint density at radius 3 is 2.48 bits per heavy atom. The van der Waals surface area contributed by atoms with Crippen LogP contribution in [0.4, 0.5) is 17.1 Å². The van der Waals surface area contributed by atoms with Crippen LogP contribution in [0.1, 0.15) is 13.3 Å². The lowest BCUT2D eigenvalue weighted by Gasteiger charge is -2.17. The van der Waals surface area contributed by atoms with Crippen LogP contribution < -0.4 is 20.7 Å². The zero-order valence-electron chi connectivity index (χ0n) is 18.0. The van der Waals surface area contributed by atoms with E-state index in [9.17, 15) is 4.79 Å². The first kappa shape index (κ1) is 25.2. The molecule has 3 aromatic carbocycles. The van der Waals surface area contributed by atoms with Crippen molar-refractivity contribution >= 4 is 75.3 Å². The van der Waals surface area contributed by atoms with Crippen molar-refractivity contribution in [1.82, 2.24) is 0 Å². The van der Waals surface area contributed by atoms with Crippen molar-refractivity contribution in [3.8, 4) is 5.75 Å². The maximum absolute atomic E-state index is 12.8. The molecule has 3 N–H and O–H groups in total. The highest BCUT2D eigenvalue weighted by atomic mass is 35.5. The lowest BCUT2D eigenvalue weighted by molar-refractivity contribution is -0.115. The molecule has 0 aromatic heterocycles. The van der Waals surface area contributed by atoms with Gasteiger partial charge in [-0.3, -0.25) is 4.79 Å². The Bertz CT molecular complexity index is 1140. The van der Waals surface area contributed by atoms with Crippen molar-refractivity contribution < 1.29 is 9.53 Å². The fourth-order valence-electron chi connectivity index (χ4n) is 2.98. The van der Waals surface area contributed by atoms with Crippen LogP contribution in [0.2, 0.25) is 10.0 Å². The van der Waals surface area contributed by atoms with Gasteiger partial charge in [0, 0.05) is 10.6 Å². The molecule has 0 saturated heterocycles. The van der Waals surface area contributed by atoms with E-state index >= 15 is 0 Å². The van der Waals surface area contributed by atoms with Crippen LogP contribution in [-0.2, 0) is 4.79 Å². The number of para-hydroxylation sites is 2. The van der Waals surface area contributed by atoms with Gasteiger partial charge in [0.1, 0.15) is 5.75 Å². The van der Waals surface area contributed by atoms with Gasteiger partial charge in [0.15, 0.2) is 5.11 Å². The highest BCUT2D eigenvalue weighted by Gasteiger charge is 2.19. The quantitative estimate of drug-likeness (QED) is 0.214. The summed E-state index contributed by atoms with van der Waals surface area (Å²) in [6.45, 7) is 1.96. The molecule has 172 valence electrons. The molecule has 0 aliphatic heterocycles. The zero-order valence-corrected chi connectivity index (χ0v) is 21.2. The van der Waals surface area contributed by atoms with Gasteiger partial charge >= 0.3 is 0 Å². The number of carbonyl (C=O) groups is 1. The molecule has 3 aromatic rings. The number of methoxy groups -OCH3 is 1. The molecule has 1 unspecified atom stereocenters. The molecule has 5 nitrogen and oxygen atoms in total. The summed E-state index contributed by atoms with van der Waals surface area (Å²) >= 11 is 19.2. The number of thioether (sulfide) groups is 1. The topological polar surface area (TPSA) is 62.4 Å². The number of benzene rings is 3. The monoisotopic (exact) mass is 519 g/mol. The van der Waals surface area contributed by atoms with Gasteiger partial charge in [0.2, 0.25) is 5.91 Å². The molecule has 0 aliphatic rings. The highest BCUT2D eigenvalue weighted by molar-refractivity contribution is 8.00. The first-order chi connectivity index (χ1) is 15.9. The van der Waals surface area contributed by atoms with Gasteiger partial charge in [-0.2, -0.15) is 0 Å². The van der Waals surface area contributed by atoms with Crippen molar-refractivity contribution in [3.05, 3.63) is 76.8 Å². The van der Waals surface area contributed by atoms with E-state index in [1.807, 2.05) is 55.5 Å². The van der Waals surface area contributed by atoms with E-state index in [4.69, 9.17) is 40.2 Å². The molecule has 1 atom stereocenters. The molecule has 0 heterocycles. The number of halogens is 2. The van der Waals surface area contributed by atoms with Gasteiger partial charge in [-0.25, -0.2) is 0 Å². The average Bonchev–Trinajstić information content (AvgIpc) is 2.81. The molecule has 0 bridgehead atoms. The number of nitrogens with one attached hydrogen (secondary N) is 3. The van der Waals surface area contributed by atoms with Crippen molar-refractivity contribution in [3.63, 3.8) is 0 Å². The third-order valence-electron chi connectivity index (χ3n) is 4.60. The van der Waals surface area contributed by atoms with E-state index < -0.39 is 0 Å². The number of rotatable bonds is 8. The number of thiocarbonyl (C=S) groups is 1. The SMILES string of the molecule is CCC(Sc1cccc(NC(=S)Nc2ccccc2OC)c1)C(=O)Nc1cccc(Cl)c1Cl. The summed E-state index contributed by atoms with van der Waals surface area (Å²) in [6, 6.07) is 20.4. The van der Waals surface area contributed by atoms with Gasteiger partial charge < -0.3 is 20.7 Å². The molecule has 3 rings (SSSR count). The Morgan fingerprint density at radius 1 is 1.00 bits per heavy atom. The predicted molar refractivity (Wildman–Crippen MR) is 144 cm³/mol. The van der Waals surface area contributed by atoms with E-state index in [2.05, 4.69) is 16.0 Å². The molecule has 0 saturated carbocycles. The molecular formula is C24H23Cl2N3O2S2. The van der Waals surface area contributed by atoms with Crippen LogP contribution in [-0.4, -0.2) is 23.4 Å². The van der Waals surface area contributed by atoms with Crippen LogP contribution in [0.15, 0.2) is 71.6 Å². The summed E-state index contributed by atoms with van der Waals surface area (Å²) in [4.78, 5) is 13.8. The van der Waals surface area contributed by atoms with Crippen molar-refractivity contribution in [1.29, 1.82) is 0 Å². The van der Waals surface area contributed by atoms with Gasteiger partial charge in [-0.1, -0.05) is 54.4 Å². The number of hydrogen-bond donors (Lipinski definition) is 3. The van der Waals surface area contributed by atoms with Crippen LogP contribution in [0.3, 0.4) is 0 Å². The summed E-state index contributed by atoms with van der Waals surface area (Å²) in [7, 11) is 1.61. The fraction of sp³-hybridized carbons (Fsp3) is 0.167. The van der Waals surface area contributed by atoms with Gasteiger partial charge in [0.25, 0.3) is 0 Å². The normalized spacial score (nSPS) is 11.4. The Labute approximate surface area is 213 Å². The lowest BCUT2D eigenvalue weighted by atomic mass is 10.2. The average molecular weight is 521 g/mol. The van der Waals surface area contributed by atoms with Crippen LogP contribution in [0.5, 0.6) is 5.75 Å². The Balaban J connectivity index is 1.64. The number of ether oxygens (including phenoxy) is 1. The van der Waals surface area contributed by atoms with Crippen LogP contribution >= 0.6 is 47.2 Å². The van der Waals surface area contributed by atoms with E-state index in [0.29, 0.717) is 33.0 Å². The van der Waals surface area contributed by atoms with Crippen molar-refractivity contribution in [2.75, 3.05) is 23.1 Å². The van der Waals surface area contributed by atoms with Gasteiger partial charge in [-0.05, 0) is 61.1 Å². The van der Waals surface area contributed by atoms with Crippen molar-refractivity contribution in [2.24, 2.45) is 0 Å². The molecule has 0 radical (unpaired) electrons. The predicted octanol–water partition coefficient (Wildman–Crippen LogP) is 7.32. The second-order valence-corrected chi connectivity index (χ2v) is 9.38. The summed E-state index contributed by atoms with van der Waals surface area (Å²) < 4.78 is 5.34. The van der Waals surface area contributed by atoms with Crippen LogP contribution in [0.25, 0.3) is 0 Å². The summed E-state index contributed by atoms with van der Waals surface area (Å²) in [6.07, 6.45) is 0.639. The number of hydrogen-bond acceptors (Lipinski definition) is 4. The molecule has 0 aliphatic carbocycles. The second kappa shape index (κ2) is 12.1. The minimum atomic E-state index is -0.311. The molecular weight excluding hydrogens is 497 g/mol. The highest BCUT2D eigenvalue weighted by Crippen LogP contribution is 2.32. The van der Waals surface area contributed by atoms with Gasteiger partial charge in [-0.15, -0.1) is 11.8 Å². The van der Waals surface area contributed by atoms with E-state index in [0.717, 1.165) is 16.3 Å². The molecule has 0 fully saturated rings. The first-order valence-electron chi connectivity index (χ1n) is 10.1. The minimum absolute atomic E-state index is 0.140. The minimum Gasteiger partial charge on any atom is -0.495 e. The fourth-order valence-corrected chi connectivity index (χ4v) is 4.57. The van der Waals surface area contributed by atoms with Crippen molar-refractivity contribution in [2.45, 2.75) is 23.5 Å². The second-order valence-electron chi connectivity index (χ2n) is 6.91. The third kappa shape index (κ3) is 7.01. The number of carbonyl (C=O) groups excluding carboxylic acids is 1. The molecule has 33 heavy (non-hydrogen) atoms. The largest absolute Gasteiger partial charge is 0.495 e. The van der Waals surface area contributed by atoms with Crippen LogP contribution in [0, 0.1) is 0 Å². The molecule has 9 heteroatoms. The molecule has 0 spiro atoms. The Morgan fingerprint density at radius 2 is 1.73 bits per heavy atom. The number of anilines is 3. The lowest BCUT2D eigenvalue weighted by Crippen LogP contribution is -2.24. The van der Waals surface area contributed by atoms with E-state index in [1.165, 1.54) is 11.8 Å². The summed E-state index contributed by atoms with van der Waals surface area (Å²) in [5.41, 5.74) is 2.07. The van der Waals surface area contributed by atoms with Gasteiger partial charge in [0.05, 0.1) is 33.8 Å². The standard InChI is InChI=1S/C24H23Cl2N3O2S2/c1-3-21(23(30)28-19-12-7-10-17(25)22(19)26)33-16-9-6-8-15(14-16)27-24(32)29-18-11-4-5-13-20(18)31-2/h4-14,21H,3H2,1-2H3,(H,28,30)(H2,27,29,32).